The molecule has 0 saturated heterocycles. The summed E-state index contributed by atoms with van der Waals surface area (Å²) in [5, 5.41) is 3.94. The number of carbonyl (C=O) groups excluding carboxylic acids is 1. The molecule has 0 aliphatic carbocycles. The summed E-state index contributed by atoms with van der Waals surface area (Å²) in [5.74, 6) is 1.50. The number of aryl methyl sites for hydroxylation is 1. The molecule has 0 aliphatic rings. The summed E-state index contributed by atoms with van der Waals surface area (Å²) < 4.78 is 16.8. The fourth-order valence-electron chi connectivity index (χ4n) is 2.25. The number of halogens is 1. The molecule has 0 aliphatic heterocycles. The first-order valence-electron chi connectivity index (χ1n) is 7.88. The van der Waals surface area contributed by atoms with Gasteiger partial charge >= 0.3 is 0 Å². The predicted octanol–water partition coefficient (Wildman–Crippen LogP) is 3.61. The monoisotopic (exact) mass is 420 g/mol. The van der Waals surface area contributed by atoms with Gasteiger partial charge in [-0.15, -0.1) is 0 Å². The van der Waals surface area contributed by atoms with E-state index >= 15 is 0 Å². The van der Waals surface area contributed by atoms with Crippen LogP contribution in [0.3, 0.4) is 0 Å². The fourth-order valence-corrected chi connectivity index (χ4v) is 2.87. The van der Waals surface area contributed by atoms with E-state index in [9.17, 15) is 4.79 Å². The third-order valence-corrected chi connectivity index (χ3v) is 4.36. The van der Waals surface area contributed by atoms with Crippen molar-refractivity contribution >= 4 is 28.1 Å². The normalized spacial score (nSPS) is 10.7. The first-order valence-corrected chi connectivity index (χ1v) is 8.68. The Kier molecular flexibility index (Phi) is 7.03. The van der Waals surface area contributed by atoms with Crippen LogP contribution in [-0.2, 0) is 4.79 Å². The highest BCUT2D eigenvalue weighted by Crippen LogP contribution is 2.35. The van der Waals surface area contributed by atoms with Crippen molar-refractivity contribution in [3.05, 3.63) is 51.5 Å². The number of methoxy groups -OCH3 is 2. The number of hydrogen-bond acceptors (Lipinski definition) is 5. The number of hydrazone groups is 1. The van der Waals surface area contributed by atoms with Gasteiger partial charge in [-0.3, -0.25) is 4.79 Å². The predicted molar refractivity (Wildman–Crippen MR) is 104 cm³/mol. The van der Waals surface area contributed by atoms with Gasteiger partial charge < -0.3 is 14.2 Å². The van der Waals surface area contributed by atoms with Gasteiger partial charge in [0.25, 0.3) is 5.91 Å². The molecule has 2 rings (SSSR count). The second-order valence-electron chi connectivity index (χ2n) is 5.52. The van der Waals surface area contributed by atoms with Crippen molar-refractivity contribution in [1.29, 1.82) is 0 Å². The third-order valence-electron chi connectivity index (χ3n) is 3.77. The Morgan fingerprint density at radius 3 is 2.65 bits per heavy atom. The zero-order chi connectivity index (χ0) is 19.1. The number of nitrogens with one attached hydrogen (secondary N) is 1. The van der Waals surface area contributed by atoms with E-state index in [1.54, 1.807) is 20.3 Å². The maximum absolute atomic E-state index is 11.9. The molecular weight excluding hydrogens is 400 g/mol. The van der Waals surface area contributed by atoms with Crippen LogP contribution in [0.25, 0.3) is 0 Å². The first-order chi connectivity index (χ1) is 12.5. The van der Waals surface area contributed by atoms with Crippen LogP contribution in [0.2, 0.25) is 0 Å². The van der Waals surface area contributed by atoms with E-state index in [-0.39, 0.29) is 12.5 Å². The summed E-state index contributed by atoms with van der Waals surface area (Å²) in [6.45, 7) is 3.83. The molecule has 0 unspecified atom stereocenters. The van der Waals surface area contributed by atoms with E-state index in [0.717, 1.165) is 21.2 Å². The van der Waals surface area contributed by atoms with Crippen LogP contribution >= 0.6 is 15.9 Å². The van der Waals surface area contributed by atoms with Crippen molar-refractivity contribution in [2.24, 2.45) is 5.10 Å². The molecule has 1 N–H and O–H groups in total. The Hall–Kier alpha value is -2.54. The lowest BCUT2D eigenvalue weighted by Gasteiger charge is -2.10. The highest BCUT2D eigenvalue weighted by atomic mass is 79.9. The smallest absolute Gasteiger partial charge is 0.277 e. The molecule has 0 radical (unpaired) electrons. The standard InChI is InChI=1S/C19H21BrN2O4/c1-12-6-5-7-16(13(12)2)26-11-18(23)22-21-10-14-8-15(20)19(25-4)17(9-14)24-3/h5-10H,11H2,1-4H3,(H,22,23)/b21-10+. The van der Waals surface area contributed by atoms with Crippen LogP contribution in [0.5, 0.6) is 17.2 Å². The number of hydrogen-bond donors (Lipinski definition) is 1. The minimum atomic E-state index is -0.346. The number of ether oxygens (including phenoxy) is 3. The van der Waals surface area contributed by atoms with Gasteiger partial charge in [-0.05, 0) is 64.7 Å². The molecule has 2 aromatic rings. The molecule has 0 heterocycles. The molecule has 0 spiro atoms. The van der Waals surface area contributed by atoms with Gasteiger partial charge in [0.15, 0.2) is 18.1 Å². The number of rotatable bonds is 7. The Labute approximate surface area is 161 Å². The van der Waals surface area contributed by atoms with E-state index in [1.165, 1.54) is 6.21 Å². The van der Waals surface area contributed by atoms with Gasteiger partial charge in [0, 0.05) is 0 Å². The second-order valence-corrected chi connectivity index (χ2v) is 6.37. The SMILES string of the molecule is COc1cc(/C=N/NC(=O)COc2cccc(C)c2C)cc(Br)c1OC. The van der Waals surface area contributed by atoms with Gasteiger partial charge in [0.05, 0.1) is 24.9 Å². The molecule has 0 fully saturated rings. The Balaban J connectivity index is 1.94. The molecule has 1 amide bonds. The first kappa shape index (κ1) is 19.8. The van der Waals surface area contributed by atoms with Crippen molar-refractivity contribution in [2.75, 3.05) is 20.8 Å². The van der Waals surface area contributed by atoms with Gasteiger partial charge in [0.2, 0.25) is 0 Å². The lowest BCUT2D eigenvalue weighted by atomic mass is 10.1. The van der Waals surface area contributed by atoms with E-state index in [0.29, 0.717) is 17.2 Å². The van der Waals surface area contributed by atoms with Gasteiger partial charge in [-0.2, -0.15) is 5.10 Å². The Morgan fingerprint density at radius 1 is 1.19 bits per heavy atom. The minimum Gasteiger partial charge on any atom is -0.493 e. The molecule has 0 atom stereocenters. The highest BCUT2D eigenvalue weighted by molar-refractivity contribution is 9.10. The quantitative estimate of drug-likeness (QED) is 0.548. The third kappa shape index (κ3) is 4.98. The van der Waals surface area contributed by atoms with Crippen LogP contribution in [0, 0.1) is 13.8 Å². The Morgan fingerprint density at radius 2 is 1.96 bits per heavy atom. The van der Waals surface area contributed by atoms with Crippen molar-refractivity contribution < 1.29 is 19.0 Å². The summed E-state index contributed by atoms with van der Waals surface area (Å²) in [5.41, 5.74) is 5.30. The summed E-state index contributed by atoms with van der Waals surface area (Å²) in [4.78, 5) is 11.9. The largest absolute Gasteiger partial charge is 0.493 e. The number of carbonyl (C=O) groups is 1. The van der Waals surface area contributed by atoms with Crippen LogP contribution in [0.4, 0.5) is 0 Å². The van der Waals surface area contributed by atoms with Gasteiger partial charge in [-0.1, -0.05) is 12.1 Å². The fraction of sp³-hybridized carbons (Fsp3) is 0.263. The minimum absolute atomic E-state index is 0.114. The zero-order valence-electron chi connectivity index (χ0n) is 15.1. The zero-order valence-corrected chi connectivity index (χ0v) is 16.7. The summed E-state index contributed by atoms with van der Waals surface area (Å²) in [6, 6.07) is 9.28. The van der Waals surface area contributed by atoms with Gasteiger partial charge in [0.1, 0.15) is 5.75 Å². The van der Waals surface area contributed by atoms with E-state index in [2.05, 4.69) is 26.5 Å². The lowest BCUT2D eigenvalue weighted by Crippen LogP contribution is -2.24. The molecule has 138 valence electrons. The van der Waals surface area contributed by atoms with Crippen molar-refractivity contribution in [2.45, 2.75) is 13.8 Å². The molecule has 6 nitrogen and oxygen atoms in total. The van der Waals surface area contributed by atoms with Crippen LogP contribution < -0.4 is 19.6 Å². The molecule has 7 heteroatoms. The number of nitrogens with zero attached hydrogens (tertiary/aromatic N) is 1. The molecular formula is C19H21BrN2O4. The van der Waals surface area contributed by atoms with E-state index in [1.807, 2.05) is 38.1 Å². The van der Waals surface area contributed by atoms with Crippen LogP contribution in [0.1, 0.15) is 16.7 Å². The topological polar surface area (TPSA) is 69.2 Å². The molecule has 26 heavy (non-hydrogen) atoms. The van der Waals surface area contributed by atoms with E-state index in [4.69, 9.17) is 14.2 Å². The second kappa shape index (κ2) is 9.24. The van der Waals surface area contributed by atoms with Crippen molar-refractivity contribution in [3.63, 3.8) is 0 Å². The average Bonchev–Trinajstić information content (AvgIpc) is 2.62. The molecule has 0 saturated carbocycles. The Bertz CT molecular complexity index is 821. The molecule has 2 aromatic carbocycles. The van der Waals surface area contributed by atoms with Crippen molar-refractivity contribution in [1.82, 2.24) is 5.43 Å². The summed E-state index contributed by atoms with van der Waals surface area (Å²) >= 11 is 3.41. The molecule has 0 bridgehead atoms. The van der Waals surface area contributed by atoms with Gasteiger partial charge in [-0.25, -0.2) is 5.43 Å². The lowest BCUT2D eigenvalue weighted by molar-refractivity contribution is -0.123. The maximum Gasteiger partial charge on any atom is 0.277 e. The van der Waals surface area contributed by atoms with E-state index < -0.39 is 0 Å². The number of amides is 1. The summed E-state index contributed by atoms with van der Waals surface area (Å²) in [6.07, 6.45) is 1.52. The summed E-state index contributed by atoms with van der Waals surface area (Å²) in [7, 11) is 3.12. The van der Waals surface area contributed by atoms with Crippen LogP contribution in [0.15, 0.2) is 39.9 Å². The highest BCUT2D eigenvalue weighted by Gasteiger charge is 2.10. The molecule has 0 aromatic heterocycles. The maximum atomic E-state index is 11.9. The average molecular weight is 421 g/mol. The van der Waals surface area contributed by atoms with Crippen molar-refractivity contribution in [3.8, 4) is 17.2 Å². The van der Waals surface area contributed by atoms with Crippen LogP contribution in [-0.4, -0.2) is 32.9 Å². The number of benzene rings is 2.